The minimum absolute atomic E-state index is 0.119. The molecule has 110 valence electrons. The number of hydrogen-bond acceptors (Lipinski definition) is 3. The van der Waals surface area contributed by atoms with Crippen molar-refractivity contribution in [1.29, 1.82) is 0 Å². The van der Waals surface area contributed by atoms with Gasteiger partial charge < -0.3 is 10.4 Å². The summed E-state index contributed by atoms with van der Waals surface area (Å²) in [5.41, 5.74) is 0.694. The number of carbonyl (C=O) groups is 1. The van der Waals surface area contributed by atoms with Crippen molar-refractivity contribution in [1.82, 2.24) is 4.98 Å². The molecule has 0 saturated heterocycles. The molecule has 0 amide bonds. The van der Waals surface area contributed by atoms with E-state index in [9.17, 15) is 14.3 Å². The van der Waals surface area contributed by atoms with Crippen molar-refractivity contribution in [2.24, 2.45) is 0 Å². The molecule has 0 atom stereocenters. The molecule has 21 heavy (non-hydrogen) atoms. The van der Waals surface area contributed by atoms with Crippen LogP contribution in [-0.4, -0.2) is 16.1 Å². The fourth-order valence-electron chi connectivity index (χ4n) is 1.80. The first-order chi connectivity index (χ1) is 9.77. The van der Waals surface area contributed by atoms with Crippen LogP contribution >= 0.6 is 0 Å². The molecule has 0 aliphatic carbocycles. The molecule has 2 N–H and O–H groups in total. The number of aromatic carboxylic acids is 1. The van der Waals surface area contributed by atoms with Crippen LogP contribution in [0.25, 0.3) is 0 Å². The lowest BCUT2D eigenvalue weighted by atomic mass is 9.91. The average Bonchev–Trinajstić information content (AvgIpc) is 2.40. The molecule has 1 aromatic heterocycles. The molecule has 0 fully saturated rings. The van der Waals surface area contributed by atoms with E-state index in [2.05, 4.69) is 10.3 Å². The summed E-state index contributed by atoms with van der Waals surface area (Å²) >= 11 is 0. The quantitative estimate of drug-likeness (QED) is 0.897. The maximum atomic E-state index is 13.7. The summed E-state index contributed by atoms with van der Waals surface area (Å²) in [6.07, 6.45) is 0. The van der Waals surface area contributed by atoms with Crippen LogP contribution in [0.3, 0.4) is 0 Å². The Labute approximate surface area is 122 Å². The first kappa shape index (κ1) is 15.0. The fraction of sp³-hybridized carbons (Fsp3) is 0.250. The fourth-order valence-corrected chi connectivity index (χ4v) is 1.80. The van der Waals surface area contributed by atoms with E-state index in [4.69, 9.17) is 0 Å². The average molecular weight is 288 g/mol. The first-order valence-corrected chi connectivity index (χ1v) is 6.55. The van der Waals surface area contributed by atoms with Gasteiger partial charge in [-0.25, -0.2) is 14.2 Å². The summed E-state index contributed by atoms with van der Waals surface area (Å²) in [5, 5.41) is 12.0. The predicted octanol–water partition coefficient (Wildman–Crippen LogP) is 3.96. The molecule has 0 spiro atoms. The molecule has 0 radical (unpaired) electrons. The van der Waals surface area contributed by atoms with Crippen LogP contribution < -0.4 is 5.32 Å². The van der Waals surface area contributed by atoms with E-state index in [-0.39, 0.29) is 16.7 Å². The number of pyridine rings is 1. The number of para-hydroxylation sites is 1. The van der Waals surface area contributed by atoms with E-state index >= 15 is 0 Å². The number of carboxylic acid groups (broad SMARTS) is 1. The van der Waals surface area contributed by atoms with Crippen LogP contribution in [0.15, 0.2) is 36.4 Å². The molecular formula is C16H17FN2O2. The van der Waals surface area contributed by atoms with Gasteiger partial charge in [-0.3, -0.25) is 0 Å². The topological polar surface area (TPSA) is 62.2 Å². The van der Waals surface area contributed by atoms with Crippen LogP contribution in [-0.2, 0) is 5.41 Å². The third kappa shape index (κ3) is 3.56. The second kappa shape index (κ2) is 5.52. The van der Waals surface area contributed by atoms with Crippen LogP contribution in [0.5, 0.6) is 0 Å². The highest BCUT2D eigenvalue weighted by molar-refractivity contribution is 5.89. The molecule has 2 aromatic rings. The van der Waals surface area contributed by atoms with E-state index in [0.717, 1.165) is 0 Å². The summed E-state index contributed by atoms with van der Waals surface area (Å²) in [7, 11) is 0. The Kier molecular flexibility index (Phi) is 3.93. The molecule has 1 aromatic carbocycles. The largest absolute Gasteiger partial charge is 0.478 e. The standard InChI is InChI=1S/C16H17FN2O2/c1-16(2,3)13-8-10(15(20)21)9-14(19-13)18-12-7-5-4-6-11(12)17/h4-9H,1-3H3,(H,18,19)(H,20,21). The molecule has 0 aliphatic heterocycles. The van der Waals surface area contributed by atoms with E-state index < -0.39 is 11.8 Å². The van der Waals surface area contributed by atoms with Crippen LogP contribution in [0.2, 0.25) is 0 Å². The monoisotopic (exact) mass is 288 g/mol. The van der Waals surface area contributed by atoms with Gasteiger partial charge in [-0.05, 0) is 24.3 Å². The highest BCUT2D eigenvalue weighted by atomic mass is 19.1. The molecular weight excluding hydrogens is 271 g/mol. The second-order valence-electron chi connectivity index (χ2n) is 5.79. The van der Waals surface area contributed by atoms with Crippen molar-refractivity contribution in [2.45, 2.75) is 26.2 Å². The first-order valence-electron chi connectivity index (χ1n) is 6.55. The maximum absolute atomic E-state index is 13.7. The number of rotatable bonds is 3. The van der Waals surface area contributed by atoms with Crippen LogP contribution in [0.1, 0.15) is 36.8 Å². The Morgan fingerprint density at radius 1 is 1.24 bits per heavy atom. The Balaban J connectivity index is 2.46. The number of aromatic nitrogens is 1. The van der Waals surface area contributed by atoms with Crippen molar-refractivity contribution < 1.29 is 14.3 Å². The summed E-state index contributed by atoms with van der Waals surface area (Å²) < 4.78 is 13.7. The lowest BCUT2D eigenvalue weighted by molar-refractivity contribution is 0.0696. The minimum Gasteiger partial charge on any atom is -0.478 e. The van der Waals surface area contributed by atoms with Crippen molar-refractivity contribution in [3.05, 3.63) is 53.5 Å². The summed E-state index contributed by atoms with van der Waals surface area (Å²) in [6.45, 7) is 5.82. The molecule has 0 bridgehead atoms. The Morgan fingerprint density at radius 3 is 2.48 bits per heavy atom. The number of nitrogens with one attached hydrogen (secondary N) is 1. The SMILES string of the molecule is CC(C)(C)c1cc(C(=O)O)cc(Nc2ccccc2F)n1. The van der Waals surface area contributed by atoms with Gasteiger partial charge in [0, 0.05) is 11.1 Å². The normalized spacial score (nSPS) is 11.2. The Morgan fingerprint density at radius 2 is 1.90 bits per heavy atom. The van der Waals surface area contributed by atoms with Gasteiger partial charge >= 0.3 is 5.97 Å². The van der Waals surface area contributed by atoms with Crippen LogP contribution in [0.4, 0.5) is 15.9 Å². The number of benzene rings is 1. The molecule has 5 heteroatoms. The van der Waals surface area contributed by atoms with Gasteiger partial charge in [0.2, 0.25) is 0 Å². The zero-order valence-corrected chi connectivity index (χ0v) is 12.1. The smallest absolute Gasteiger partial charge is 0.335 e. The van der Waals surface area contributed by atoms with Gasteiger partial charge in [0.1, 0.15) is 11.6 Å². The number of anilines is 2. The van der Waals surface area contributed by atoms with Crippen molar-refractivity contribution in [3.63, 3.8) is 0 Å². The Hall–Kier alpha value is -2.43. The van der Waals surface area contributed by atoms with Gasteiger partial charge in [0.15, 0.2) is 0 Å². The molecule has 0 aliphatic rings. The lowest BCUT2D eigenvalue weighted by Gasteiger charge is -2.19. The number of hydrogen-bond donors (Lipinski definition) is 2. The van der Waals surface area contributed by atoms with E-state index in [0.29, 0.717) is 11.5 Å². The van der Waals surface area contributed by atoms with E-state index in [1.54, 1.807) is 18.2 Å². The highest BCUT2D eigenvalue weighted by Gasteiger charge is 2.19. The van der Waals surface area contributed by atoms with Gasteiger partial charge in [-0.1, -0.05) is 32.9 Å². The molecule has 0 saturated carbocycles. The number of nitrogens with zero attached hydrogens (tertiary/aromatic N) is 1. The summed E-state index contributed by atoms with van der Waals surface area (Å²) in [5.74, 6) is -1.15. The van der Waals surface area contributed by atoms with Crippen molar-refractivity contribution in [2.75, 3.05) is 5.32 Å². The zero-order valence-electron chi connectivity index (χ0n) is 12.1. The van der Waals surface area contributed by atoms with Gasteiger partial charge in [-0.2, -0.15) is 0 Å². The zero-order chi connectivity index (χ0) is 15.6. The van der Waals surface area contributed by atoms with Crippen LogP contribution in [0, 0.1) is 5.82 Å². The Bertz CT molecular complexity index is 678. The molecule has 1 heterocycles. The van der Waals surface area contributed by atoms with Gasteiger partial charge in [0.25, 0.3) is 0 Å². The minimum atomic E-state index is -1.04. The number of carboxylic acids is 1. The molecule has 0 unspecified atom stereocenters. The summed E-state index contributed by atoms with van der Waals surface area (Å²) in [6, 6.07) is 9.10. The third-order valence-electron chi connectivity index (χ3n) is 2.98. The van der Waals surface area contributed by atoms with Gasteiger partial charge in [0.05, 0.1) is 11.3 Å². The van der Waals surface area contributed by atoms with Gasteiger partial charge in [-0.15, -0.1) is 0 Å². The predicted molar refractivity (Wildman–Crippen MR) is 79.6 cm³/mol. The second-order valence-corrected chi connectivity index (χ2v) is 5.79. The van der Waals surface area contributed by atoms with Crippen molar-refractivity contribution in [3.8, 4) is 0 Å². The number of halogens is 1. The molecule has 4 nitrogen and oxygen atoms in total. The lowest BCUT2D eigenvalue weighted by Crippen LogP contribution is -2.16. The van der Waals surface area contributed by atoms with E-state index in [1.807, 2.05) is 20.8 Å². The van der Waals surface area contributed by atoms with E-state index in [1.165, 1.54) is 18.2 Å². The highest BCUT2D eigenvalue weighted by Crippen LogP contribution is 2.25. The third-order valence-corrected chi connectivity index (χ3v) is 2.98. The summed E-state index contributed by atoms with van der Waals surface area (Å²) in [4.78, 5) is 15.6. The van der Waals surface area contributed by atoms with Crippen molar-refractivity contribution >= 4 is 17.5 Å². The molecule has 2 rings (SSSR count). The maximum Gasteiger partial charge on any atom is 0.335 e.